The van der Waals surface area contributed by atoms with Crippen molar-refractivity contribution in [1.29, 1.82) is 0 Å². The number of carboxylic acids is 1. The molecule has 1 aromatic carbocycles. The fourth-order valence-electron chi connectivity index (χ4n) is 1.72. The van der Waals surface area contributed by atoms with Crippen LogP contribution >= 0.6 is 0 Å². The van der Waals surface area contributed by atoms with Crippen molar-refractivity contribution < 1.29 is 9.90 Å². The van der Waals surface area contributed by atoms with E-state index in [1.54, 1.807) is 13.0 Å². The van der Waals surface area contributed by atoms with Gasteiger partial charge in [0.2, 0.25) is 0 Å². The highest BCUT2D eigenvalue weighted by molar-refractivity contribution is 5.86. The molecule has 4 heteroatoms. The van der Waals surface area contributed by atoms with Gasteiger partial charge in [-0.1, -0.05) is 19.1 Å². The first kappa shape index (κ1) is 11.4. The second kappa shape index (κ2) is 4.41. The third kappa shape index (κ3) is 2.20. The molecule has 0 saturated carbocycles. The van der Waals surface area contributed by atoms with E-state index >= 15 is 0 Å². The largest absolute Gasteiger partial charge is 0.477 e. The number of aromatic nitrogens is 2. The molecular weight excluding hydrogens is 216 g/mol. The summed E-state index contributed by atoms with van der Waals surface area (Å²) in [5.74, 6) is -0.967. The van der Waals surface area contributed by atoms with Crippen LogP contribution in [0.25, 0.3) is 5.69 Å². The monoisotopic (exact) mass is 230 g/mol. The van der Waals surface area contributed by atoms with Crippen LogP contribution in [0.1, 0.15) is 28.7 Å². The number of hydrogen-bond acceptors (Lipinski definition) is 2. The average molecular weight is 230 g/mol. The highest BCUT2D eigenvalue weighted by Gasteiger charge is 2.13. The molecule has 1 aromatic heterocycles. The molecule has 0 fully saturated rings. The maximum atomic E-state index is 11.1. The quantitative estimate of drug-likeness (QED) is 0.881. The number of aromatic carboxylic acids is 1. The number of rotatable bonds is 3. The number of benzene rings is 1. The lowest BCUT2D eigenvalue weighted by atomic mass is 10.1. The minimum absolute atomic E-state index is 0.187. The van der Waals surface area contributed by atoms with Crippen LogP contribution in [0, 0.1) is 6.92 Å². The minimum Gasteiger partial charge on any atom is -0.477 e. The van der Waals surface area contributed by atoms with Crippen molar-refractivity contribution in [3.8, 4) is 5.69 Å². The summed E-state index contributed by atoms with van der Waals surface area (Å²) in [6.45, 7) is 3.86. The first-order valence-electron chi connectivity index (χ1n) is 5.51. The zero-order valence-corrected chi connectivity index (χ0v) is 9.84. The summed E-state index contributed by atoms with van der Waals surface area (Å²) < 4.78 is 1.46. The summed E-state index contributed by atoms with van der Waals surface area (Å²) in [7, 11) is 0. The Labute approximate surface area is 99.5 Å². The zero-order valence-electron chi connectivity index (χ0n) is 9.84. The smallest absolute Gasteiger partial charge is 0.354 e. The second-order valence-electron chi connectivity index (χ2n) is 3.91. The van der Waals surface area contributed by atoms with Gasteiger partial charge in [0.15, 0.2) is 5.69 Å². The Bertz CT molecular complexity index is 541. The normalized spacial score (nSPS) is 10.5. The second-order valence-corrected chi connectivity index (χ2v) is 3.91. The number of nitrogens with zero attached hydrogens (tertiary/aromatic N) is 2. The molecule has 1 heterocycles. The molecule has 0 saturated heterocycles. The van der Waals surface area contributed by atoms with Gasteiger partial charge in [-0.15, -0.1) is 0 Å². The maximum absolute atomic E-state index is 11.1. The van der Waals surface area contributed by atoms with Crippen LogP contribution in [0.4, 0.5) is 0 Å². The van der Waals surface area contributed by atoms with Crippen LogP contribution in [-0.4, -0.2) is 20.9 Å². The van der Waals surface area contributed by atoms with Crippen LogP contribution in [0.2, 0.25) is 0 Å². The van der Waals surface area contributed by atoms with Crippen molar-refractivity contribution in [2.45, 2.75) is 20.3 Å². The summed E-state index contributed by atoms with van der Waals surface area (Å²) in [4.78, 5) is 11.1. The number of carbonyl (C=O) groups is 1. The molecule has 0 aliphatic carbocycles. The summed E-state index contributed by atoms with van der Waals surface area (Å²) in [5.41, 5.74) is 2.87. The van der Waals surface area contributed by atoms with E-state index in [2.05, 4.69) is 12.0 Å². The summed E-state index contributed by atoms with van der Waals surface area (Å²) in [6, 6.07) is 9.31. The molecule has 4 nitrogen and oxygen atoms in total. The van der Waals surface area contributed by atoms with Gasteiger partial charge in [0.1, 0.15) is 0 Å². The van der Waals surface area contributed by atoms with Crippen LogP contribution in [0.5, 0.6) is 0 Å². The van der Waals surface area contributed by atoms with Gasteiger partial charge in [-0.2, -0.15) is 5.10 Å². The topological polar surface area (TPSA) is 55.1 Å². The molecule has 0 atom stereocenters. The molecule has 0 spiro atoms. The fraction of sp³-hybridized carbons (Fsp3) is 0.231. The Hall–Kier alpha value is -2.10. The first-order chi connectivity index (χ1) is 8.11. The van der Waals surface area contributed by atoms with E-state index in [-0.39, 0.29) is 5.69 Å². The average Bonchev–Trinajstić information content (AvgIpc) is 2.72. The molecule has 0 radical (unpaired) electrons. The van der Waals surface area contributed by atoms with Crippen molar-refractivity contribution in [2.75, 3.05) is 0 Å². The Morgan fingerprint density at radius 1 is 1.35 bits per heavy atom. The molecule has 2 rings (SSSR count). The van der Waals surface area contributed by atoms with Gasteiger partial charge in [-0.05, 0) is 37.1 Å². The standard InChI is InChI=1S/C13H14N2O2/c1-3-10-4-6-11(7-5-10)15-12(13(16)17)8-9(2)14-15/h4-8H,3H2,1-2H3,(H,16,17). The predicted molar refractivity (Wildman–Crippen MR) is 64.6 cm³/mol. The van der Waals surface area contributed by atoms with Gasteiger partial charge >= 0.3 is 5.97 Å². The van der Waals surface area contributed by atoms with Crippen molar-refractivity contribution >= 4 is 5.97 Å². The van der Waals surface area contributed by atoms with Crippen molar-refractivity contribution in [3.63, 3.8) is 0 Å². The van der Waals surface area contributed by atoms with E-state index in [1.807, 2.05) is 24.3 Å². The lowest BCUT2D eigenvalue weighted by Crippen LogP contribution is -2.07. The van der Waals surface area contributed by atoms with Gasteiger partial charge in [-0.25, -0.2) is 9.48 Å². The van der Waals surface area contributed by atoms with E-state index in [1.165, 1.54) is 10.2 Å². The number of aryl methyl sites for hydroxylation is 2. The van der Waals surface area contributed by atoms with Crippen LogP contribution in [-0.2, 0) is 6.42 Å². The van der Waals surface area contributed by atoms with Crippen molar-refractivity contribution in [3.05, 3.63) is 47.3 Å². The Morgan fingerprint density at radius 3 is 2.53 bits per heavy atom. The predicted octanol–water partition coefficient (Wildman–Crippen LogP) is 2.44. The van der Waals surface area contributed by atoms with E-state index in [9.17, 15) is 4.79 Å². The Balaban J connectivity index is 2.48. The molecule has 17 heavy (non-hydrogen) atoms. The molecule has 0 aliphatic heterocycles. The molecule has 2 aromatic rings. The van der Waals surface area contributed by atoms with Crippen LogP contribution < -0.4 is 0 Å². The lowest BCUT2D eigenvalue weighted by molar-refractivity contribution is 0.0687. The van der Waals surface area contributed by atoms with Gasteiger partial charge in [0.05, 0.1) is 11.4 Å². The third-order valence-electron chi connectivity index (χ3n) is 2.64. The van der Waals surface area contributed by atoms with E-state index in [0.29, 0.717) is 5.69 Å². The number of hydrogen-bond donors (Lipinski definition) is 1. The third-order valence-corrected chi connectivity index (χ3v) is 2.64. The molecular formula is C13H14N2O2. The summed E-state index contributed by atoms with van der Waals surface area (Å²) in [6.07, 6.45) is 0.963. The highest BCUT2D eigenvalue weighted by atomic mass is 16.4. The van der Waals surface area contributed by atoms with Gasteiger partial charge in [0, 0.05) is 0 Å². The maximum Gasteiger partial charge on any atom is 0.354 e. The first-order valence-corrected chi connectivity index (χ1v) is 5.51. The fourth-order valence-corrected chi connectivity index (χ4v) is 1.72. The van der Waals surface area contributed by atoms with Crippen molar-refractivity contribution in [2.24, 2.45) is 0 Å². The lowest BCUT2D eigenvalue weighted by Gasteiger charge is -2.05. The van der Waals surface area contributed by atoms with E-state index in [0.717, 1.165) is 12.1 Å². The summed E-state index contributed by atoms with van der Waals surface area (Å²) >= 11 is 0. The Kier molecular flexibility index (Phi) is 2.95. The molecule has 88 valence electrons. The Morgan fingerprint density at radius 2 is 2.00 bits per heavy atom. The van der Waals surface area contributed by atoms with Crippen LogP contribution in [0.15, 0.2) is 30.3 Å². The highest BCUT2D eigenvalue weighted by Crippen LogP contribution is 2.14. The van der Waals surface area contributed by atoms with Crippen molar-refractivity contribution in [1.82, 2.24) is 9.78 Å². The molecule has 0 bridgehead atoms. The van der Waals surface area contributed by atoms with Gasteiger partial charge in [-0.3, -0.25) is 0 Å². The van der Waals surface area contributed by atoms with E-state index < -0.39 is 5.97 Å². The zero-order chi connectivity index (χ0) is 12.4. The molecule has 1 N–H and O–H groups in total. The summed E-state index contributed by atoms with van der Waals surface area (Å²) in [5, 5.41) is 13.3. The number of carboxylic acid groups (broad SMARTS) is 1. The van der Waals surface area contributed by atoms with Gasteiger partial charge < -0.3 is 5.11 Å². The van der Waals surface area contributed by atoms with Crippen LogP contribution in [0.3, 0.4) is 0 Å². The van der Waals surface area contributed by atoms with E-state index in [4.69, 9.17) is 5.11 Å². The molecule has 0 aliphatic rings. The molecule has 0 amide bonds. The van der Waals surface area contributed by atoms with Gasteiger partial charge in [0.25, 0.3) is 0 Å². The SMILES string of the molecule is CCc1ccc(-n2nc(C)cc2C(=O)O)cc1. The molecule has 0 unspecified atom stereocenters. The minimum atomic E-state index is -0.967.